The van der Waals surface area contributed by atoms with Crippen molar-refractivity contribution in [1.29, 1.82) is 0 Å². The Bertz CT molecular complexity index is 837. The fourth-order valence-corrected chi connectivity index (χ4v) is 3.48. The number of aromatic nitrogens is 4. The zero-order valence-corrected chi connectivity index (χ0v) is 13.2. The van der Waals surface area contributed by atoms with Gasteiger partial charge < -0.3 is 9.67 Å². The summed E-state index contributed by atoms with van der Waals surface area (Å²) in [7, 11) is 2.02. The van der Waals surface area contributed by atoms with Gasteiger partial charge in [0.1, 0.15) is 18.2 Å². The van der Waals surface area contributed by atoms with Crippen molar-refractivity contribution in [3.05, 3.63) is 42.1 Å². The first-order valence-electron chi connectivity index (χ1n) is 6.83. The molecule has 0 amide bonds. The Hall–Kier alpha value is -2.28. The Morgan fingerprint density at radius 1 is 1.36 bits per heavy atom. The molecule has 0 atom stereocenters. The second-order valence-corrected chi connectivity index (χ2v) is 6.05. The molecule has 2 heterocycles. The summed E-state index contributed by atoms with van der Waals surface area (Å²) < 4.78 is 3.54. The van der Waals surface area contributed by atoms with Crippen molar-refractivity contribution in [1.82, 2.24) is 19.3 Å². The molecule has 7 heteroatoms. The van der Waals surface area contributed by atoms with Crippen molar-refractivity contribution >= 4 is 28.6 Å². The number of benzene rings is 1. The number of aliphatic carboxylic acids is 1. The van der Waals surface area contributed by atoms with E-state index in [1.54, 1.807) is 18.7 Å². The SMILES string of the molecule is Cc1nc(CSc2cn(C)c3ccccc23)n(CC(=O)O)n1. The van der Waals surface area contributed by atoms with Crippen LogP contribution in [0.5, 0.6) is 0 Å². The maximum absolute atomic E-state index is 10.9. The summed E-state index contributed by atoms with van der Waals surface area (Å²) in [5.74, 6) is 0.941. The predicted octanol–water partition coefficient (Wildman–Crippen LogP) is 2.46. The van der Waals surface area contributed by atoms with Gasteiger partial charge >= 0.3 is 5.97 Å². The zero-order chi connectivity index (χ0) is 15.7. The molecule has 0 fully saturated rings. The molecule has 2 aromatic heterocycles. The fraction of sp³-hybridized carbons (Fsp3) is 0.267. The topological polar surface area (TPSA) is 72.9 Å². The average molecular weight is 316 g/mol. The molecule has 0 spiro atoms. The molecular formula is C15H16N4O2S. The van der Waals surface area contributed by atoms with Crippen LogP contribution < -0.4 is 0 Å². The zero-order valence-electron chi connectivity index (χ0n) is 12.4. The normalized spacial score (nSPS) is 11.2. The minimum Gasteiger partial charge on any atom is -0.480 e. The monoisotopic (exact) mass is 316 g/mol. The minimum absolute atomic E-state index is 0.160. The molecule has 3 aromatic rings. The van der Waals surface area contributed by atoms with Crippen LogP contribution in [0.4, 0.5) is 0 Å². The molecule has 0 saturated carbocycles. The van der Waals surface area contributed by atoms with Gasteiger partial charge in [-0.1, -0.05) is 18.2 Å². The van der Waals surface area contributed by atoms with Gasteiger partial charge in [0.25, 0.3) is 0 Å². The van der Waals surface area contributed by atoms with Crippen LogP contribution in [-0.2, 0) is 24.1 Å². The lowest BCUT2D eigenvalue weighted by Crippen LogP contribution is -2.13. The van der Waals surface area contributed by atoms with Crippen molar-refractivity contribution in [2.24, 2.45) is 7.05 Å². The van der Waals surface area contributed by atoms with Crippen molar-refractivity contribution in [3.8, 4) is 0 Å². The third kappa shape index (κ3) is 2.85. The molecule has 6 nitrogen and oxygen atoms in total. The summed E-state index contributed by atoms with van der Waals surface area (Å²) in [5, 5.41) is 14.3. The molecular weight excluding hydrogens is 300 g/mol. The van der Waals surface area contributed by atoms with E-state index in [0.29, 0.717) is 17.4 Å². The highest BCUT2D eigenvalue weighted by atomic mass is 32.2. The number of thioether (sulfide) groups is 1. The van der Waals surface area contributed by atoms with Gasteiger partial charge in [0.2, 0.25) is 0 Å². The lowest BCUT2D eigenvalue weighted by Gasteiger charge is -2.02. The first-order valence-corrected chi connectivity index (χ1v) is 7.82. The molecule has 0 aliphatic heterocycles. The Morgan fingerprint density at radius 3 is 2.91 bits per heavy atom. The van der Waals surface area contributed by atoms with Crippen LogP contribution in [0.25, 0.3) is 10.9 Å². The van der Waals surface area contributed by atoms with Gasteiger partial charge in [0.05, 0.1) is 5.75 Å². The summed E-state index contributed by atoms with van der Waals surface area (Å²) in [6.07, 6.45) is 2.08. The average Bonchev–Trinajstić information content (AvgIpc) is 2.97. The van der Waals surface area contributed by atoms with Crippen molar-refractivity contribution in [2.75, 3.05) is 0 Å². The number of hydrogen-bond donors (Lipinski definition) is 1. The molecule has 0 bridgehead atoms. The lowest BCUT2D eigenvalue weighted by molar-refractivity contribution is -0.137. The molecule has 0 unspecified atom stereocenters. The van der Waals surface area contributed by atoms with Gasteiger partial charge in [-0.15, -0.1) is 11.8 Å². The number of fused-ring (bicyclic) bond motifs is 1. The van der Waals surface area contributed by atoms with Crippen LogP contribution in [0, 0.1) is 6.92 Å². The number of carbonyl (C=O) groups is 1. The maximum atomic E-state index is 10.9. The maximum Gasteiger partial charge on any atom is 0.325 e. The van der Waals surface area contributed by atoms with E-state index in [1.807, 2.05) is 19.2 Å². The van der Waals surface area contributed by atoms with Crippen LogP contribution in [0.2, 0.25) is 0 Å². The van der Waals surface area contributed by atoms with E-state index in [4.69, 9.17) is 5.11 Å². The summed E-state index contributed by atoms with van der Waals surface area (Å²) in [6.45, 7) is 1.61. The van der Waals surface area contributed by atoms with Crippen LogP contribution in [0.1, 0.15) is 11.6 Å². The van der Waals surface area contributed by atoms with Crippen LogP contribution >= 0.6 is 11.8 Å². The molecule has 3 rings (SSSR count). The lowest BCUT2D eigenvalue weighted by atomic mass is 10.2. The Labute approximate surface area is 131 Å². The number of rotatable bonds is 5. The summed E-state index contributed by atoms with van der Waals surface area (Å²) in [6, 6.07) is 8.20. The Kier molecular flexibility index (Phi) is 3.89. The number of nitrogens with zero attached hydrogens (tertiary/aromatic N) is 4. The van der Waals surface area contributed by atoms with E-state index >= 15 is 0 Å². The second-order valence-electron chi connectivity index (χ2n) is 5.04. The smallest absolute Gasteiger partial charge is 0.325 e. The molecule has 0 aliphatic rings. The molecule has 0 radical (unpaired) electrons. The van der Waals surface area contributed by atoms with Crippen LogP contribution in [0.3, 0.4) is 0 Å². The van der Waals surface area contributed by atoms with Crippen LogP contribution in [-0.4, -0.2) is 30.4 Å². The molecule has 22 heavy (non-hydrogen) atoms. The third-order valence-electron chi connectivity index (χ3n) is 3.36. The van der Waals surface area contributed by atoms with Crippen molar-refractivity contribution in [3.63, 3.8) is 0 Å². The highest BCUT2D eigenvalue weighted by Gasteiger charge is 2.13. The minimum atomic E-state index is -0.915. The third-order valence-corrected chi connectivity index (χ3v) is 4.40. The number of para-hydroxylation sites is 1. The summed E-state index contributed by atoms with van der Waals surface area (Å²) in [4.78, 5) is 16.4. The number of carboxylic acid groups (broad SMARTS) is 1. The Morgan fingerprint density at radius 2 is 2.14 bits per heavy atom. The molecule has 114 valence electrons. The quantitative estimate of drug-likeness (QED) is 0.732. The first kappa shape index (κ1) is 14.6. The summed E-state index contributed by atoms with van der Waals surface area (Å²) in [5.41, 5.74) is 1.17. The van der Waals surface area contributed by atoms with E-state index in [1.165, 1.54) is 15.6 Å². The van der Waals surface area contributed by atoms with Gasteiger partial charge in [-0.2, -0.15) is 5.10 Å². The summed E-state index contributed by atoms with van der Waals surface area (Å²) >= 11 is 1.64. The predicted molar refractivity (Wildman–Crippen MR) is 84.9 cm³/mol. The van der Waals surface area contributed by atoms with E-state index in [0.717, 1.165) is 4.90 Å². The van der Waals surface area contributed by atoms with E-state index < -0.39 is 5.97 Å². The van der Waals surface area contributed by atoms with Gasteiger partial charge in [0, 0.05) is 29.0 Å². The van der Waals surface area contributed by atoms with Crippen molar-refractivity contribution in [2.45, 2.75) is 24.1 Å². The van der Waals surface area contributed by atoms with E-state index in [-0.39, 0.29) is 6.54 Å². The van der Waals surface area contributed by atoms with Gasteiger partial charge in [0.15, 0.2) is 0 Å². The van der Waals surface area contributed by atoms with E-state index in [2.05, 4.69) is 33.0 Å². The van der Waals surface area contributed by atoms with Gasteiger partial charge in [-0.3, -0.25) is 4.79 Å². The standard InChI is InChI=1S/C15H16N4O2S/c1-10-16-14(19(17-10)8-15(20)21)9-22-13-7-18(2)12-6-4-3-5-11(12)13/h3-7H,8-9H2,1-2H3,(H,20,21). The van der Waals surface area contributed by atoms with E-state index in [9.17, 15) is 4.79 Å². The molecule has 1 N–H and O–H groups in total. The fourth-order valence-electron chi connectivity index (χ4n) is 2.42. The molecule has 1 aromatic carbocycles. The van der Waals surface area contributed by atoms with Gasteiger partial charge in [-0.25, -0.2) is 9.67 Å². The second kappa shape index (κ2) is 5.84. The highest BCUT2D eigenvalue weighted by Crippen LogP contribution is 2.31. The number of hydrogen-bond acceptors (Lipinski definition) is 4. The van der Waals surface area contributed by atoms with Crippen molar-refractivity contribution < 1.29 is 9.90 Å². The Balaban J connectivity index is 1.84. The highest BCUT2D eigenvalue weighted by molar-refractivity contribution is 7.98. The number of carboxylic acids is 1. The number of aryl methyl sites for hydroxylation is 2. The van der Waals surface area contributed by atoms with Crippen LogP contribution in [0.15, 0.2) is 35.4 Å². The molecule has 0 aliphatic carbocycles. The molecule has 0 saturated heterocycles. The van der Waals surface area contributed by atoms with Gasteiger partial charge in [-0.05, 0) is 13.0 Å². The largest absolute Gasteiger partial charge is 0.480 e. The first-order chi connectivity index (χ1) is 10.5.